The summed E-state index contributed by atoms with van der Waals surface area (Å²) >= 11 is 0. The van der Waals surface area contributed by atoms with E-state index in [0.717, 1.165) is 34.9 Å². The first kappa shape index (κ1) is 18.5. The topological polar surface area (TPSA) is 98.2 Å². The third-order valence-electron chi connectivity index (χ3n) is 5.68. The van der Waals surface area contributed by atoms with Crippen LogP contribution in [0.5, 0.6) is 0 Å². The van der Waals surface area contributed by atoms with E-state index in [9.17, 15) is 4.79 Å². The fourth-order valence-electron chi connectivity index (χ4n) is 4.08. The van der Waals surface area contributed by atoms with Crippen LogP contribution in [0.15, 0.2) is 45.5 Å². The van der Waals surface area contributed by atoms with Gasteiger partial charge in [0.2, 0.25) is 11.8 Å². The summed E-state index contributed by atoms with van der Waals surface area (Å²) in [6.45, 7) is 4.34. The van der Waals surface area contributed by atoms with Crippen molar-refractivity contribution in [2.45, 2.75) is 39.2 Å². The highest BCUT2D eigenvalue weighted by atomic mass is 16.5. The van der Waals surface area contributed by atoms with Gasteiger partial charge >= 0.3 is 0 Å². The van der Waals surface area contributed by atoms with Crippen LogP contribution in [0, 0.1) is 13.8 Å². The molecule has 1 aliphatic heterocycles. The fourth-order valence-corrected chi connectivity index (χ4v) is 4.08. The fraction of sp³-hybridized carbons (Fsp3) is 0.318. The number of fused-ring (bicyclic) bond motifs is 1. The molecule has 0 N–H and O–H groups in total. The van der Waals surface area contributed by atoms with E-state index < -0.39 is 0 Å². The largest absolute Gasteiger partial charge is 0.417 e. The zero-order valence-electron chi connectivity index (χ0n) is 16.8. The number of amides is 1. The Kier molecular flexibility index (Phi) is 4.54. The van der Waals surface area contributed by atoms with Gasteiger partial charge in [-0.05, 0) is 38.1 Å². The summed E-state index contributed by atoms with van der Waals surface area (Å²) in [6, 6.07) is 9.65. The SMILES string of the molecule is Cc1noc(C)c1CC(=O)N1CCC[C@@H]1c1nnc(-c2nccc3ccccc23)o1. The highest BCUT2D eigenvalue weighted by Crippen LogP contribution is 2.34. The lowest BCUT2D eigenvalue weighted by Gasteiger charge is -2.22. The molecule has 1 atom stereocenters. The number of carbonyl (C=O) groups is 1. The second-order valence-corrected chi connectivity index (χ2v) is 7.55. The van der Waals surface area contributed by atoms with Crippen molar-refractivity contribution in [3.63, 3.8) is 0 Å². The van der Waals surface area contributed by atoms with Crippen molar-refractivity contribution in [2.24, 2.45) is 0 Å². The number of rotatable bonds is 4. The van der Waals surface area contributed by atoms with Crippen LogP contribution in [0.3, 0.4) is 0 Å². The van der Waals surface area contributed by atoms with E-state index in [1.807, 2.05) is 49.1 Å². The molecule has 0 bridgehead atoms. The number of hydrogen-bond donors (Lipinski definition) is 0. The number of hydrogen-bond acceptors (Lipinski definition) is 7. The molecule has 3 aromatic heterocycles. The average molecular weight is 403 g/mol. The molecule has 1 amide bonds. The molecule has 0 saturated carbocycles. The van der Waals surface area contributed by atoms with E-state index in [4.69, 9.17) is 8.94 Å². The van der Waals surface area contributed by atoms with Crippen LogP contribution in [-0.4, -0.2) is 37.7 Å². The minimum absolute atomic E-state index is 0.00920. The summed E-state index contributed by atoms with van der Waals surface area (Å²) < 4.78 is 11.2. The van der Waals surface area contributed by atoms with Gasteiger partial charge in [0.15, 0.2) is 0 Å². The van der Waals surface area contributed by atoms with E-state index in [2.05, 4.69) is 20.3 Å². The molecule has 0 unspecified atom stereocenters. The first-order valence-corrected chi connectivity index (χ1v) is 10.0. The Hall–Kier alpha value is -3.55. The summed E-state index contributed by atoms with van der Waals surface area (Å²) in [4.78, 5) is 19.3. The second kappa shape index (κ2) is 7.37. The highest BCUT2D eigenvalue weighted by molar-refractivity contribution is 5.92. The second-order valence-electron chi connectivity index (χ2n) is 7.55. The maximum Gasteiger partial charge on any atom is 0.267 e. The Morgan fingerprint density at radius 3 is 2.90 bits per heavy atom. The maximum absolute atomic E-state index is 13.0. The molecule has 1 saturated heterocycles. The van der Waals surface area contributed by atoms with Crippen molar-refractivity contribution in [3.05, 3.63) is 59.4 Å². The van der Waals surface area contributed by atoms with Gasteiger partial charge in [-0.2, -0.15) is 0 Å². The lowest BCUT2D eigenvalue weighted by atomic mass is 10.1. The summed E-state index contributed by atoms with van der Waals surface area (Å²) in [6.07, 6.45) is 3.67. The van der Waals surface area contributed by atoms with E-state index in [1.54, 1.807) is 6.20 Å². The number of pyridine rings is 1. The van der Waals surface area contributed by atoms with Crippen LogP contribution in [0.2, 0.25) is 0 Å². The van der Waals surface area contributed by atoms with Gasteiger partial charge in [-0.1, -0.05) is 29.4 Å². The van der Waals surface area contributed by atoms with Gasteiger partial charge < -0.3 is 13.8 Å². The molecule has 1 fully saturated rings. The Balaban J connectivity index is 1.42. The van der Waals surface area contributed by atoms with Crippen LogP contribution < -0.4 is 0 Å². The summed E-state index contributed by atoms with van der Waals surface area (Å²) in [5.41, 5.74) is 2.24. The predicted molar refractivity (Wildman–Crippen MR) is 108 cm³/mol. The quantitative estimate of drug-likeness (QED) is 0.511. The van der Waals surface area contributed by atoms with Gasteiger partial charge in [0.1, 0.15) is 17.5 Å². The highest BCUT2D eigenvalue weighted by Gasteiger charge is 2.34. The maximum atomic E-state index is 13.0. The standard InChI is InChI=1S/C22H21N5O3/c1-13-17(14(2)30-26-13)12-19(28)27-11-5-8-18(27)21-24-25-22(29-21)20-16-7-4-3-6-15(16)9-10-23-20/h3-4,6-7,9-10,18H,5,8,11-12H2,1-2H3/t18-/m1/s1. The first-order valence-electron chi connectivity index (χ1n) is 10.0. The number of aromatic nitrogens is 4. The Bertz CT molecular complexity index is 1200. The summed E-state index contributed by atoms with van der Waals surface area (Å²) in [7, 11) is 0. The Morgan fingerprint density at radius 1 is 1.20 bits per heavy atom. The lowest BCUT2D eigenvalue weighted by molar-refractivity contribution is -0.131. The number of nitrogens with zero attached hydrogens (tertiary/aromatic N) is 5. The van der Waals surface area contributed by atoms with E-state index in [-0.39, 0.29) is 18.4 Å². The zero-order valence-corrected chi connectivity index (χ0v) is 16.8. The minimum atomic E-state index is -0.228. The van der Waals surface area contributed by atoms with Crippen molar-refractivity contribution >= 4 is 16.7 Å². The van der Waals surface area contributed by atoms with Crippen molar-refractivity contribution in [1.29, 1.82) is 0 Å². The van der Waals surface area contributed by atoms with E-state index in [1.165, 1.54) is 0 Å². The molecule has 152 valence electrons. The number of carbonyl (C=O) groups excluding carboxylic acids is 1. The van der Waals surface area contributed by atoms with Gasteiger partial charge in [-0.15, -0.1) is 10.2 Å². The molecular formula is C22H21N5O3. The van der Waals surface area contributed by atoms with Crippen molar-refractivity contribution in [2.75, 3.05) is 6.54 Å². The number of benzene rings is 1. The third kappa shape index (κ3) is 3.14. The first-order chi connectivity index (χ1) is 14.6. The number of likely N-dealkylation sites (tertiary alicyclic amines) is 1. The van der Waals surface area contributed by atoms with Gasteiger partial charge in [0.05, 0.1) is 12.1 Å². The van der Waals surface area contributed by atoms with Crippen LogP contribution in [0.25, 0.3) is 22.4 Å². The molecule has 30 heavy (non-hydrogen) atoms. The van der Waals surface area contributed by atoms with Crippen molar-refractivity contribution < 1.29 is 13.7 Å². The molecule has 0 spiro atoms. The van der Waals surface area contributed by atoms with Crippen molar-refractivity contribution in [3.8, 4) is 11.6 Å². The van der Waals surface area contributed by atoms with Crippen LogP contribution in [-0.2, 0) is 11.2 Å². The molecule has 1 aromatic carbocycles. The summed E-state index contributed by atoms with van der Waals surface area (Å²) in [5.74, 6) is 1.50. The molecule has 4 heterocycles. The lowest BCUT2D eigenvalue weighted by Crippen LogP contribution is -2.32. The van der Waals surface area contributed by atoms with Crippen LogP contribution in [0.4, 0.5) is 0 Å². The van der Waals surface area contributed by atoms with Crippen LogP contribution in [0.1, 0.15) is 41.8 Å². The number of aryl methyl sites for hydroxylation is 2. The van der Waals surface area contributed by atoms with Crippen molar-refractivity contribution in [1.82, 2.24) is 25.2 Å². The van der Waals surface area contributed by atoms with Gasteiger partial charge in [0, 0.05) is 23.7 Å². The zero-order chi connectivity index (χ0) is 20.7. The average Bonchev–Trinajstić information content (AvgIpc) is 3.50. The van der Waals surface area contributed by atoms with Gasteiger partial charge in [-0.3, -0.25) is 9.78 Å². The minimum Gasteiger partial charge on any atom is -0.417 e. The molecule has 1 aliphatic rings. The smallest absolute Gasteiger partial charge is 0.267 e. The monoisotopic (exact) mass is 403 g/mol. The third-order valence-corrected chi connectivity index (χ3v) is 5.68. The molecule has 0 aliphatic carbocycles. The van der Waals surface area contributed by atoms with Gasteiger partial charge in [-0.25, -0.2) is 0 Å². The molecule has 5 rings (SSSR count). The molecular weight excluding hydrogens is 382 g/mol. The van der Waals surface area contributed by atoms with E-state index in [0.29, 0.717) is 29.8 Å². The molecule has 8 nitrogen and oxygen atoms in total. The van der Waals surface area contributed by atoms with Crippen LogP contribution >= 0.6 is 0 Å². The summed E-state index contributed by atoms with van der Waals surface area (Å²) in [5, 5.41) is 14.4. The van der Waals surface area contributed by atoms with E-state index >= 15 is 0 Å². The predicted octanol–water partition coefficient (Wildman–Crippen LogP) is 3.80. The normalized spacial score (nSPS) is 16.5. The molecule has 8 heteroatoms. The van der Waals surface area contributed by atoms with Gasteiger partial charge in [0.25, 0.3) is 5.89 Å². The molecule has 4 aromatic rings. The Morgan fingerprint density at radius 2 is 2.07 bits per heavy atom. The Labute approximate surface area is 172 Å². The molecule has 0 radical (unpaired) electrons.